The average molecular weight is 353 g/mol. The Labute approximate surface area is 145 Å². The molecule has 124 valence electrons. The summed E-state index contributed by atoms with van der Waals surface area (Å²) >= 11 is 7.37. The molecule has 0 bridgehead atoms. The lowest BCUT2D eigenvalue weighted by Crippen LogP contribution is -2.27. The highest BCUT2D eigenvalue weighted by atomic mass is 35.5. The molecule has 0 saturated heterocycles. The van der Waals surface area contributed by atoms with Crippen molar-refractivity contribution in [2.45, 2.75) is 34.3 Å². The second kappa shape index (κ2) is 7.79. The average Bonchev–Trinajstić information content (AvgIpc) is 2.87. The van der Waals surface area contributed by atoms with Gasteiger partial charge in [-0.05, 0) is 43.5 Å². The molecule has 1 heterocycles. The maximum atomic E-state index is 12.1. The standard InChI is InChI=1S/C17H21ClN2O2S/c1-10(2)8-19-17(21)16-12(4)20-15(23-16)9-22-13-5-6-14(18)11(3)7-13/h5-7,10H,8-9H2,1-4H3,(H,19,21). The molecule has 0 fully saturated rings. The summed E-state index contributed by atoms with van der Waals surface area (Å²) < 4.78 is 5.73. The van der Waals surface area contributed by atoms with E-state index in [9.17, 15) is 4.79 Å². The van der Waals surface area contributed by atoms with Crippen molar-refractivity contribution in [2.24, 2.45) is 5.92 Å². The van der Waals surface area contributed by atoms with Crippen molar-refractivity contribution in [3.05, 3.63) is 44.4 Å². The summed E-state index contributed by atoms with van der Waals surface area (Å²) in [6, 6.07) is 5.52. The molecule has 0 aliphatic rings. The summed E-state index contributed by atoms with van der Waals surface area (Å²) in [5, 5.41) is 4.41. The van der Waals surface area contributed by atoms with E-state index in [-0.39, 0.29) is 5.91 Å². The van der Waals surface area contributed by atoms with Crippen LogP contribution in [0.5, 0.6) is 5.75 Å². The minimum absolute atomic E-state index is 0.0673. The fraction of sp³-hybridized carbons (Fsp3) is 0.412. The molecule has 0 saturated carbocycles. The number of halogens is 1. The van der Waals surface area contributed by atoms with Crippen LogP contribution < -0.4 is 10.1 Å². The number of benzene rings is 1. The zero-order valence-corrected chi connectivity index (χ0v) is 15.3. The predicted molar refractivity (Wildman–Crippen MR) is 94.5 cm³/mol. The van der Waals surface area contributed by atoms with Gasteiger partial charge < -0.3 is 10.1 Å². The lowest BCUT2D eigenvalue weighted by atomic mass is 10.2. The maximum absolute atomic E-state index is 12.1. The minimum atomic E-state index is -0.0673. The van der Waals surface area contributed by atoms with Crippen molar-refractivity contribution < 1.29 is 9.53 Å². The smallest absolute Gasteiger partial charge is 0.263 e. The van der Waals surface area contributed by atoms with Gasteiger partial charge in [-0.15, -0.1) is 11.3 Å². The Kier molecular flexibility index (Phi) is 6.02. The summed E-state index contributed by atoms with van der Waals surface area (Å²) in [5.74, 6) is 1.09. The second-order valence-corrected chi connectivity index (χ2v) is 7.32. The Balaban J connectivity index is 2.00. The number of hydrogen-bond donors (Lipinski definition) is 1. The molecular formula is C17H21ClN2O2S. The van der Waals surface area contributed by atoms with E-state index in [1.165, 1.54) is 11.3 Å². The molecule has 4 nitrogen and oxygen atoms in total. The van der Waals surface area contributed by atoms with Crippen LogP contribution in [0, 0.1) is 19.8 Å². The minimum Gasteiger partial charge on any atom is -0.486 e. The van der Waals surface area contributed by atoms with Gasteiger partial charge in [-0.25, -0.2) is 4.98 Å². The molecule has 2 aromatic rings. The van der Waals surface area contributed by atoms with Gasteiger partial charge in [0.25, 0.3) is 5.91 Å². The van der Waals surface area contributed by atoms with Gasteiger partial charge in [-0.3, -0.25) is 4.79 Å². The number of hydrogen-bond acceptors (Lipinski definition) is 4. The van der Waals surface area contributed by atoms with Crippen LogP contribution in [0.25, 0.3) is 0 Å². The number of amides is 1. The SMILES string of the molecule is Cc1cc(OCc2nc(C)c(C(=O)NCC(C)C)s2)ccc1Cl. The largest absolute Gasteiger partial charge is 0.486 e. The van der Waals surface area contributed by atoms with Crippen LogP contribution in [0.1, 0.15) is 39.8 Å². The third kappa shape index (κ3) is 4.94. The topological polar surface area (TPSA) is 51.2 Å². The molecule has 1 amide bonds. The molecular weight excluding hydrogens is 332 g/mol. The van der Waals surface area contributed by atoms with E-state index < -0.39 is 0 Å². The van der Waals surface area contributed by atoms with Crippen LogP contribution in [0.3, 0.4) is 0 Å². The number of nitrogens with zero attached hydrogens (tertiary/aromatic N) is 1. The number of aromatic nitrogens is 1. The van der Waals surface area contributed by atoms with E-state index in [1.54, 1.807) is 0 Å². The number of carbonyl (C=O) groups is 1. The van der Waals surface area contributed by atoms with Crippen molar-refractivity contribution in [3.8, 4) is 5.75 Å². The first-order chi connectivity index (χ1) is 10.9. The first kappa shape index (κ1) is 17.8. The Morgan fingerprint density at radius 1 is 1.39 bits per heavy atom. The number of carbonyl (C=O) groups excluding carboxylic acids is 1. The van der Waals surface area contributed by atoms with Crippen molar-refractivity contribution in [3.63, 3.8) is 0 Å². The molecule has 1 N–H and O–H groups in total. The molecule has 2 rings (SSSR count). The van der Waals surface area contributed by atoms with E-state index in [0.717, 1.165) is 22.0 Å². The lowest BCUT2D eigenvalue weighted by Gasteiger charge is -2.06. The van der Waals surface area contributed by atoms with Gasteiger partial charge in [0.05, 0.1) is 5.69 Å². The van der Waals surface area contributed by atoms with Crippen LogP contribution in [0.2, 0.25) is 5.02 Å². The number of ether oxygens (including phenoxy) is 1. The zero-order chi connectivity index (χ0) is 17.0. The number of aryl methyl sites for hydroxylation is 2. The third-order valence-electron chi connectivity index (χ3n) is 3.21. The summed E-state index contributed by atoms with van der Waals surface area (Å²) in [7, 11) is 0. The molecule has 1 aromatic carbocycles. The van der Waals surface area contributed by atoms with E-state index in [0.29, 0.717) is 29.0 Å². The van der Waals surface area contributed by atoms with E-state index in [4.69, 9.17) is 16.3 Å². The van der Waals surface area contributed by atoms with Crippen LogP contribution in [-0.2, 0) is 6.61 Å². The molecule has 0 radical (unpaired) electrons. The quantitative estimate of drug-likeness (QED) is 0.839. The van der Waals surface area contributed by atoms with Gasteiger partial charge in [0.2, 0.25) is 0 Å². The van der Waals surface area contributed by atoms with Gasteiger partial charge in [0.1, 0.15) is 22.2 Å². The van der Waals surface area contributed by atoms with Gasteiger partial charge in [0, 0.05) is 11.6 Å². The molecule has 0 unspecified atom stereocenters. The summed E-state index contributed by atoms with van der Waals surface area (Å²) in [6.07, 6.45) is 0. The first-order valence-electron chi connectivity index (χ1n) is 7.50. The van der Waals surface area contributed by atoms with Crippen molar-refractivity contribution in [2.75, 3.05) is 6.54 Å². The molecule has 23 heavy (non-hydrogen) atoms. The number of thiazole rings is 1. The lowest BCUT2D eigenvalue weighted by molar-refractivity contribution is 0.0952. The number of rotatable bonds is 6. The van der Waals surface area contributed by atoms with E-state index >= 15 is 0 Å². The normalized spacial score (nSPS) is 10.9. The Hall–Kier alpha value is -1.59. The van der Waals surface area contributed by atoms with Crippen molar-refractivity contribution >= 4 is 28.8 Å². The van der Waals surface area contributed by atoms with Crippen molar-refractivity contribution in [1.82, 2.24) is 10.3 Å². The monoisotopic (exact) mass is 352 g/mol. The first-order valence-corrected chi connectivity index (χ1v) is 8.69. The fourth-order valence-electron chi connectivity index (χ4n) is 1.95. The fourth-order valence-corrected chi connectivity index (χ4v) is 2.97. The second-order valence-electron chi connectivity index (χ2n) is 5.83. The van der Waals surface area contributed by atoms with Crippen LogP contribution in [0.4, 0.5) is 0 Å². The maximum Gasteiger partial charge on any atom is 0.263 e. The highest BCUT2D eigenvalue weighted by Gasteiger charge is 2.15. The molecule has 0 atom stereocenters. The van der Waals surface area contributed by atoms with Crippen LogP contribution >= 0.6 is 22.9 Å². The van der Waals surface area contributed by atoms with Gasteiger partial charge >= 0.3 is 0 Å². The Bertz CT molecular complexity index is 698. The van der Waals surface area contributed by atoms with Crippen LogP contribution in [-0.4, -0.2) is 17.4 Å². The predicted octanol–water partition coefficient (Wildman–Crippen LogP) is 4.38. The Morgan fingerprint density at radius 3 is 2.78 bits per heavy atom. The molecule has 6 heteroatoms. The highest BCUT2D eigenvalue weighted by Crippen LogP contribution is 2.23. The van der Waals surface area contributed by atoms with E-state index in [2.05, 4.69) is 24.1 Å². The highest BCUT2D eigenvalue weighted by molar-refractivity contribution is 7.13. The third-order valence-corrected chi connectivity index (χ3v) is 4.76. The van der Waals surface area contributed by atoms with Gasteiger partial charge in [0.15, 0.2) is 0 Å². The summed E-state index contributed by atoms with van der Waals surface area (Å²) in [5.41, 5.74) is 1.70. The molecule has 1 aromatic heterocycles. The van der Waals surface area contributed by atoms with Gasteiger partial charge in [-0.1, -0.05) is 25.4 Å². The summed E-state index contributed by atoms with van der Waals surface area (Å²) in [6.45, 7) is 8.90. The molecule has 0 spiro atoms. The zero-order valence-electron chi connectivity index (χ0n) is 13.8. The van der Waals surface area contributed by atoms with Crippen molar-refractivity contribution in [1.29, 1.82) is 0 Å². The molecule has 0 aliphatic heterocycles. The van der Waals surface area contributed by atoms with Gasteiger partial charge in [-0.2, -0.15) is 0 Å². The number of nitrogens with one attached hydrogen (secondary N) is 1. The summed E-state index contributed by atoms with van der Waals surface area (Å²) in [4.78, 5) is 17.2. The van der Waals surface area contributed by atoms with E-state index in [1.807, 2.05) is 32.0 Å². The Morgan fingerprint density at radius 2 is 2.13 bits per heavy atom. The van der Waals surface area contributed by atoms with Crippen LogP contribution in [0.15, 0.2) is 18.2 Å². The molecule has 0 aliphatic carbocycles.